The summed E-state index contributed by atoms with van der Waals surface area (Å²) >= 11 is 8.01. The van der Waals surface area contributed by atoms with Crippen LogP contribution in [0.3, 0.4) is 0 Å². The molecule has 32 heavy (non-hydrogen) atoms. The van der Waals surface area contributed by atoms with E-state index >= 15 is 0 Å². The molecule has 0 aliphatic rings. The summed E-state index contributed by atoms with van der Waals surface area (Å²) in [6, 6.07) is 19.4. The molecule has 2 aromatic carbocycles. The summed E-state index contributed by atoms with van der Waals surface area (Å²) in [6.45, 7) is 2.47. The van der Waals surface area contributed by atoms with Gasteiger partial charge in [-0.05, 0) is 42.7 Å². The highest BCUT2D eigenvalue weighted by molar-refractivity contribution is 7.19. The van der Waals surface area contributed by atoms with Crippen LogP contribution in [0.2, 0.25) is 0 Å². The van der Waals surface area contributed by atoms with Crippen LogP contribution >= 0.6 is 22.9 Å². The number of benzene rings is 2. The highest BCUT2D eigenvalue weighted by Gasteiger charge is 2.17. The average molecular weight is 462 g/mol. The van der Waals surface area contributed by atoms with Crippen LogP contribution in [-0.2, 0) is 0 Å². The normalized spacial score (nSPS) is 11.5. The molecule has 7 heteroatoms. The van der Waals surface area contributed by atoms with E-state index in [1.54, 1.807) is 6.08 Å². The maximum atomic E-state index is 13.0. The number of H-pyrrole nitrogens is 1. The number of aromatic nitrogens is 2. The Morgan fingerprint density at radius 2 is 2.06 bits per heavy atom. The molecule has 0 saturated heterocycles. The first-order valence-corrected chi connectivity index (χ1v) is 11.3. The van der Waals surface area contributed by atoms with Crippen molar-refractivity contribution < 1.29 is 4.74 Å². The number of unbranched alkanes of at least 4 members (excludes halogenated alkanes) is 1. The van der Waals surface area contributed by atoms with Crippen LogP contribution < -0.4 is 10.3 Å². The Hall–Kier alpha value is -3.40. The maximum Gasteiger partial charge on any atom is 0.260 e. The topological polar surface area (TPSA) is 78.8 Å². The molecule has 0 atom stereocenters. The van der Waals surface area contributed by atoms with Gasteiger partial charge in [0.15, 0.2) is 5.82 Å². The van der Waals surface area contributed by atoms with Gasteiger partial charge in [0.1, 0.15) is 10.6 Å². The fourth-order valence-electron chi connectivity index (χ4n) is 3.43. The Kier molecular flexibility index (Phi) is 6.69. The fourth-order valence-corrected chi connectivity index (χ4v) is 4.70. The van der Waals surface area contributed by atoms with Gasteiger partial charge < -0.3 is 9.72 Å². The molecule has 1 N–H and O–H groups in total. The molecule has 160 valence electrons. The van der Waals surface area contributed by atoms with Gasteiger partial charge in [-0.25, -0.2) is 4.98 Å². The van der Waals surface area contributed by atoms with Crippen molar-refractivity contribution in [2.24, 2.45) is 0 Å². The zero-order valence-electron chi connectivity index (χ0n) is 17.4. The molecule has 4 aromatic rings. The number of fused-ring (bicyclic) bond motifs is 1. The second-order valence-corrected chi connectivity index (χ2v) is 8.78. The lowest BCUT2D eigenvalue weighted by atomic mass is 10.0. The number of nitrogens with one attached hydrogen (secondary N) is 1. The van der Waals surface area contributed by atoms with Crippen LogP contribution in [0.25, 0.3) is 32.5 Å². The third kappa shape index (κ3) is 4.75. The number of halogens is 1. The zero-order valence-corrected chi connectivity index (χ0v) is 19.0. The van der Waals surface area contributed by atoms with E-state index in [1.165, 1.54) is 11.3 Å². The molecule has 0 aliphatic heterocycles. The summed E-state index contributed by atoms with van der Waals surface area (Å²) < 4.78 is 5.68. The molecular formula is C25H20ClN3O2S. The van der Waals surface area contributed by atoms with Crippen molar-refractivity contribution in [1.82, 2.24) is 9.97 Å². The second-order valence-electron chi connectivity index (χ2n) is 7.17. The Morgan fingerprint density at radius 1 is 1.25 bits per heavy atom. The molecule has 4 rings (SSSR count). The van der Waals surface area contributed by atoms with Crippen molar-refractivity contribution in [3.8, 4) is 22.9 Å². The first kappa shape index (κ1) is 21.8. The minimum absolute atomic E-state index is 0.214. The van der Waals surface area contributed by atoms with Crippen LogP contribution in [0.1, 0.15) is 29.1 Å². The second kappa shape index (κ2) is 9.82. The number of nitriles is 1. The lowest BCUT2D eigenvalue weighted by Crippen LogP contribution is -2.10. The van der Waals surface area contributed by atoms with Crippen molar-refractivity contribution in [1.29, 1.82) is 5.26 Å². The smallest absolute Gasteiger partial charge is 0.260 e. The van der Waals surface area contributed by atoms with E-state index in [-0.39, 0.29) is 5.56 Å². The van der Waals surface area contributed by atoms with Gasteiger partial charge in [0, 0.05) is 16.9 Å². The molecule has 0 fully saturated rings. The van der Waals surface area contributed by atoms with Crippen molar-refractivity contribution in [2.45, 2.75) is 19.8 Å². The Labute approximate surface area is 194 Å². The van der Waals surface area contributed by atoms with E-state index in [0.717, 1.165) is 21.6 Å². The molecule has 0 saturated carbocycles. The minimum atomic E-state index is -0.214. The van der Waals surface area contributed by atoms with E-state index in [4.69, 9.17) is 21.6 Å². The zero-order chi connectivity index (χ0) is 22.5. The summed E-state index contributed by atoms with van der Waals surface area (Å²) in [6.07, 6.45) is 2.88. The number of hydrogen-bond donors (Lipinski definition) is 1. The van der Waals surface area contributed by atoms with Gasteiger partial charge in [-0.3, -0.25) is 4.79 Å². The predicted molar refractivity (Wildman–Crippen MR) is 131 cm³/mol. The number of ether oxygens (including phenoxy) is 1. The predicted octanol–water partition coefficient (Wildman–Crippen LogP) is 6.38. The Bertz CT molecular complexity index is 1380. The molecule has 0 unspecified atom stereocenters. The lowest BCUT2D eigenvalue weighted by Gasteiger charge is -2.06. The van der Waals surface area contributed by atoms with Gasteiger partial charge in [0.05, 0.1) is 23.1 Å². The van der Waals surface area contributed by atoms with Gasteiger partial charge in [-0.15, -0.1) is 11.3 Å². The van der Waals surface area contributed by atoms with E-state index in [2.05, 4.69) is 16.0 Å². The molecule has 0 spiro atoms. The molecular weight excluding hydrogens is 442 g/mol. The Balaban J connectivity index is 1.65. The van der Waals surface area contributed by atoms with Crippen LogP contribution in [-0.4, -0.2) is 16.6 Å². The molecule has 0 amide bonds. The average Bonchev–Trinajstić information content (AvgIpc) is 3.14. The molecule has 2 heterocycles. The first-order chi connectivity index (χ1) is 15.6. The first-order valence-electron chi connectivity index (χ1n) is 10.1. The van der Waals surface area contributed by atoms with Gasteiger partial charge in [0.25, 0.3) is 5.56 Å². The monoisotopic (exact) mass is 461 g/mol. The van der Waals surface area contributed by atoms with E-state index in [1.807, 2.05) is 61.5 Å². The number of thiophene rings is 1. The SMILES string of the molecule is Cc1sc2nc(/C(Cl)=C/c3cccc(OCCCC#N)c3)[nH]c(=O)c2c1-c1ccccc1. The third-order valence-corrected chi connectivity index (χ3v) is 6.17. The van der Waals surface area contributed by atoms with Crippen LogP contribution in [0, 0.1) is 18.3 Å². The summed E-state index contributed by atoms with van der Waals surface area (Å²) in [5.74, 6) is 1.02. The van der Waals surface area contributed by atoms with Crippen molar-refractivity contribution in [3.05, 3.63) is 81.2 Å². The molecule has 5 nitrogen and oxygen atoms in total. The maximum absolute atomic E-state index is 13.0. The molecule has 0 bridgehead atoms. The fraction of sp³-hybridized carbons (Fsp3) is 0.160. The van der Waals surface area contributed by atoms with Gasteiger partial charge in [-0.1, -0.05) is 54.1 Å². The molecule has 2 aromatic heterocycles. The number of aromatic amines is 1. The summed E-state index contributed by atoms with van der Waals surface area (Å²) in [4.78, 5) is 22.1. The Morgan fingerprint density at radius 3 is 2.84 bits per heavy atom. The standard InChI is InChI=1S/C25H20ClN3O2S/c1-16-21(18-9-3-2-4-10-18)22-24(30)28-23(29-25(22)32-16)20(26)15-17-8-7-11-19(14-17)31-13-6-5-12-27/h2-4,7-11,14-15H,5-6,13H2,1H3,(H,28,29,30)/b20-15-. The van der Waals surface area contributed by atoms with Crippen LogP contribution in [0.4, 0.5) is 0 Å². The summed E-state index contributed by atoms with van der Waals surface area (Å²) in [7, 11) is 0. The number of rotatable bonds is 7. The number of nitrogens with zero attached hydrogens (tertiary/aromatic N) is 2. The van der Waals surface area contributed by atoms with Crippen molar-refractivity contribution in [2.75, 3.05) is 6.61 Å². The van der Waals surface area contributed by atoms with Gasteiger partial charge in [-0.2, -0.15) is 5.26 Å². The van der Waals surface area contributed by atoms with E-state index in [9.17, 15) is 4.79 Å². The lowest BCUT2D eigenvalue weighted by molar-refractivity contribution is 0.312. The van der Waals surface area contributed by atoms with Gasteiger partial charge >= 0.3 is 0 Å². The van der Waals surface area contributed by atoms with Crippen molar-refractivity contribution >= 4 is 44.3 Å². The largest absolute Gasteiger partial charge is 0.494 e. The summed E-state index contributed by atoms with van der Waals surface area (Å²) in [5.41, 5.74) is 2.51. The van der Waals surface area contributed by atoms with Crippen LogP contribution in [0.5, 0.6) is 5.75 Å². The third-order valence-electron chi connectivity index (χ3n) is 4.88. The highest BCUT2D eigenvalue weighted by atomic mass is 35.5. The van der Waals surface area contributed by atoms with Crippen molar-refractivity contribution in [3.63, 3.8) is 0 Å². The quantitative estimate of drug-likeness (QED) is 0.324. The van der Waals surface area contributed by atoms with Gasteiger partial charge in [0.2, 0.25) is 0 Å². The summed E-state index contributed by atoms with van der Waals surface area (Å²) in [5, 5.41) is 9.53. The van der Waals surface area contributed by atoms with E-state index < -0.39 is 0 Å². The molecule has 0 aliphatic carbocycles. The highest BCUT2D eigenvalue weighted by Crippen LogP contribution is 2.36. The molecule has 0 radical (unpaired) electrons. The number of aryl methyl sites for hydroxylation is 1. The minimum Gasteiger partial charge on any atom is -0.494 e. The van der Waals surface area contributed by atoms with E-state index in [0.29, 0.717) is 46.3 Å². The number of hydrogen-bond acceptors (Lipinski definition) is 5. The van der Waals surface area contributed by atoms with Crippen LogP contribution in [0.15, 0.2) is 59.4 Å².